The van der Waals surface area contributed by atoms with E-state index in [1.165, 1.54) is 0 Å². The number of carbonyl (C=O) groups is 1. The molecule has 1 rings (SSSR count). The molecule has 0 aliphatic rings. The maximum atomic E-state index is 12.5. The van der Waals surface area contributed by atoms with Gasteiger partial charge in [-0.15, -0.1) is 0 Å². The van der Waals surface area contributed by atoms with Crippen LogP contribution in [-0.2, 0) is 0 Å². The van der Waals surface area contributed by atoms with Crippen molar-refractivity contribution in [2.45, 2.75) is 52.6 Å². The largest absolute Gasteiger partial charge is 0.333 e. The summed E-state index contributed by atoms with van der Waals surface area (Å²) in [7, 11) is 0. The first-order chi connectivity index (χ1) is 8.11. The van der Waals surface area contributed by atoms with E-state index in [1.807, 2.05) is 35.2 Å². The van der Waals surface area contributed by atoms with Crippen molar-refractivity contribution in [3.63, 3.8) is 0 Å². The Morgan fingerprint density at radius 2 is 1.53 bits per heavy atom. The van der Waals surface area contributed by atoms with Crippen molar-refractivity contribution in [1.82, 2.24) is 4.90 Å². The van der Waals surface area contributed by atoms with Crippen LogP contribution in [0.3, 0.4) is 0 Å². The Bertz CT molecular complexity index is 337. The van der Waals surface area contributed by atoms with Gasteiger partial charge in [0.25, 0.3) is 5.91 Å². The van der Waals surface area contributed by atoms with Crippen molar-refractivity contribution in [2.75, 3.05) is 0 Å². The molecule has 1 aromatic rings. The zero-order valence-electron chi connectivity index (χ0n) is 11.3. The van der Waals surface area contributed by atoms with E-state index in [4.69, 9.17) is 0 Å². The molecule has 0 heterocycles. The minimum atomic E-state index is 0.148. The van der Waals surface area contributed by atoms with Gasteiger partial charge in [-0.1, -0.05) is 32.0 Å². The van der Waals surface area contributed by atoms with E-state index < -0.39 is 0 Å². The van der Waals surface area contributed by atoms with Crippen LogP contribution in [0.15, 0.2) is 30.3 Å². The fourth-order valence-corrected chi connectivity index (χ4v) is 1.96. The quantitative estimate of drug-likeness (QED) is 0.759. The molecular weight excluding hydrogens is 210 g/mol. The molecule has 0 bridgehead atoms. The molecule has 2 nitrogen and oxygen atoms in total. The lowest BCUT2D eigenvalue weighted by atomic mass is 10.1. The highest BCUT2D eigenvalue weighted by atomic mass is 16.2. The van der Waals surface area contributed by atoms with Crippen molar-refractivity contribution in [3.05, 3.63) is 35.9 Å². The number of carbonyl (C=O) groups excluding carboxylic acids is 1. The number of hydrogen-bond donors (Lipinski definition) is 0. The van der Waals surface area contributed by atoms with Crippen molar-refractivity contribution in [2.24, 2.45) is 0 Å². The second-order valence-corrected chi connectivity index (χ2v) is 4.59. The first-order valence-electron chi connectivity index (χ1n) is 6.49. The monoisotopic (exact) mass is 233 g/mol. The zero-order chi connectivity index (χ0) is 12.8. The topological polar surface area (TPSA) is 20.3 Å². The van der Waals surface area contributed by atoms with Crippen LogP contribution in [0.1, 0.15) is 50.9 Å². The number of hydrogen-bond acceptors (Lipinski definition) is 1. The van der Waals surface area contributed by atoms with Crippen molar-refractivity contribution in [3.8, 4) is 0 Å². The molecule has 2 atom stereocenters. The maximum absolute atomic E-state index is 12.5. The van der Waals surface area contributed by atoms with Crippen LogP contribution in [0.25, 0.3) is 0 Å². The minimum Gasteiger partial charge on any atom is -0.333 e. The van der Waals surface area contributed by atoms with Crippen LogP contribution in [0.4, 0.5) is 0 Å². The second kappa shape index (κ2) is 6.43. The molecule has 0 aliphatic heterocycles. The Hall–Kier alpha value is -1.31. The predicted molar refractivity (Wildman–Crippen MR) is 72.1 cm³/mol. The first-order valence-corrected chi connectivity index (χ1v) is 6.49. The van der Waals surface area contributed by atoms with Gasteiger partial charge in [0.15, 0.2) is 0 Å². The molecule has 0 saturated carbocycles. The number of benzene rings is 1. The van der Waals surface area contributed by atoms with Crippen molar-refractivity contribution < 1.29 is 4.79 Å². The SMILES string of the molecule is CC[C@H](C)N(C(=O)c1ccccc1)[C@@H](C)CC. The number of rotatable bonds is 5. The van der Waals surface area contributed by atoms with E-state index >= 15 is 0 Å². The molecule has 94 valence electrons. The van der Waals surface area contributed by atoms with Gasteiger partial charge in [0.1, 0.15) is 0 Å². The minimum absolute atomic E-state index is 0.148. The average molecular weight is 233 g/mol. The van der Waals surface area contributed by atoms with Gasteiger partial charge >= 0.3 is 0 Å². The van der Waals surface area contributed by atoms with Crippen LogP contribution in [-0.4, -0.2) is 22.9 Å². The molecule has 0 unspecified atom stereocenters. The summed E-state index contributed by atoms with van der Waals surface area (Å²) in [6, 6.07) is 10.1. The number of amides is 1. The van der Waals surface area contributed by atoms with E-state index in [2.05, 4.69) is 27.7 Å². The standard InChI is InChI=1S/C15H23NO/c1-5-12(3)16(13(4)6-2)15(17)14-10-8-7-9-11-14/h7-13H,5-6H2,1-4H3/t12-,13-/m0/s1. The molecule has 0 aliphatic carbocycles. The molecule has 1 aromatic carbocycles. The van der Waals surface area contributed by atoms with E-state index in [9.17, 15) is 4.79 Å². The molecule has 0 saturated heterocycles. The van der Waals surface area contributed by atoms with Crippen LogP contribution < -0.4 is 0 Å². The molecule has 17 heavy (non-hydrogen) atoms. The Kier molecular flexibility index (Phi) is 5.20. The van der Waals surface area contributed by atoms with Gasteiger partial charge < -0.3 is 4.90 Å². The van der Waals surface area contributed by atoms with E-state index in [-0.39, 0.29) is 18.0 Å². The summed E-state index contributed by atoms with van der Waals surface area (Å²) in [6.07, 6.45) is 1.98. The van der Waals surface area contributed by atoms with E-state index in [0.29, 0.717) is 0 Å². The van der Waals surface area contributed by atoms with Crippen LogP contribution >= 0.6 is 0 Å². The highest BCUT2D eigenvalue weighted by Gasteiger charge is 2.24. The number of nitrogens with zero attached hydrogens (tertiary/aromatic N) is 1. The highest BCUT2D eigenvalue weighted by Crippen LogP contribution is 2.16. The lowest BCUT2D eigenvalue weighted by Gasteiger charge is -2.34. The maximum Gasteiger partial charge on any atom is 0.254 e. The van der Waals surface area contributed by atoms with Gasteiger partial charge in [-0.2, -0.15) is 0 Å². The smallest absolute Gasteiger partial charge is 0.254 e. The second-order valence-electron chi connectivity index (χ2n) is 4.59. The fourth-order valence-electron chi connectivity index (χ4n) is 1.96. The van der Waals surface area contributed by atoms with Crippen molar-refractivity contribution >= 4 is 5.91 Å². The normalized spacial score (nSPS) is 14.1. The summed E-state index contributed by atoms with van der Waals surface area (Å²) in [5, 5.41) is 0. The molecule has 0 aromatic heterocycles. The van der Waals surface area contributed by atoms with E-state index in [1.54, 1.807) is 0 Å². The predicted octanol–water partition coefficient (Wildman–Crippen LogP) is 3.73. The van der Waals surface area contributed by atoms with Crippen LogP contribution in [0.2, 0.25) is 0 Å². The molecular formula is C15H23NO. The summed E-state index contributed by atoms with van der Waals surface area (Å²) >= 11 is 0. The fraction of sp³-hybridized carbons (Fsp3) is 0.533. The molecule has 1 amide bonds. The van der Waals surface area contributed by atoms with Gasteiger partial charge in [-0.25, -0.2) is 0 Å². The molecule has 0 fully saturated rings. The Balaban J connectivity index is 2.95. The average Bonchev–Trinajstić information content (AvgIpc) is 2.39. The van der Waals surface area contributed by atoms with Crippen LogP contribution in [0, 0.1) is 0 Å². The van der Waals surface area contributed by atoms with Crippen LogP contribution in [0.5, 0.6) is 0 Å². The van der Waals surface area contributed by atoms with Gasteiger partial charge in [0.05, 0.1) is 0 Å². The summed E-state index contributed by atoms with van der Waals surface area (Å²) in [5.74, 6) is 0.148. The third-order valence-electron chi connectivity index (χ3n) is 3.39. The summed E-state index contributed by atoms with van der Waals surface area (Å²) in [5.41, 5.74) is 0.785. The first kappa shape index (κ1) is 13.8. The van der Waals surface area contributed by atoms with Gasteiger partial charge in [0, 0.05) is 17.6 Å². The third kappa shape index (κ3) is 3.32. The van der Waals surface area contributed by atoms with Gasteiger partial charge in [0.2, 0.25) is 0 Å². The lowest BCUT2D eigenvalue weighted by molar-refractivity contribution is 0.0598. The molecule has 0 N–H and O–H groups in total. The summed E-state index contributed by atoms with van der Waals surface area (Å²) < 4.78 is 0. The summed E-state index contributed by atoms with van der Waals surface area (Å²) in [4.78, 5) is 14.5. The van der Waals surface area contributed by atoms with E-state index in [0.717, 1.165) is 18.4 Å². The third-order valence-corrected chi connectivity index (χ3v) is 3.39. The highest BCUT2D eigenvalue weighted by molar-refractivity contribution is 5.94. The van der Waals surface area contributed by atoms with Crippen molar-refractivity contribution in [1.29, 1.82) is 0 Å². The Morgan fingerprint density at radius 3 is 1.94 bits per heavy atom. The molecule has 0 spiro atoms. The molecule has 0 radical (unpaired) electrons. The van der Waals surface area contributed by atoms with Gasteiger partial charge in [-0.3, -0.25) is 4.79 Å². The van der Waals surface area contributed by atoms with Gasteiger partial charge in [-0.05, 0) is 38.8 Å². The summed E-state index contributed by atoms with van der Waals surface area (Å²) in [6.45, 7) is 8.48. The Labute approximate surface area is 105 Å². The lowest BCUT2D eigenvalue weighted by Crippen LogP contribution is -2.44. The Morgan fingerprint density at radius 1 is 1.06 bits per heavy atom. The zero-order valence-corrected chi connectivity index (χ0v) is 11.3. The molecule has 2 heteroatoms.